The third-order valence-electron chi connectivity index (χ3n) is 2.67. The van der Waals surface area contributed by atoms with Gasteiger partial charge in [-0.15, -0.1) is 0 Å². The second kappa shape index (κ2) is 5.53. The third-order valence-corrected chi connectivity index (χ3v) is 2.67. The number of hydrazine groups is 1. The predicted octanol–water partition coefficient (Wildman–Crippen LogP) is 2.28. The number of hydrogen-bond donors (Lipinski definition) is 2. The topological polar surface area (TPSA) is 47.3 Å². The molecular formula is C12H18F2N2O. The van der Waals surface area contributed by atoms with Gasteiger partial charge in [0.25, 0.3) is 0 Å². The standard InChI is InChI=1S/C12H18F2N2O/c1-4-17-12(2,3)11(16-15)8-6-5-7-9(13)10(8)14/h5-7,11,16H,4,15H2,1-3H3. The van der Waals surface area contributed by atoms with Crippen molar-refractivity contribution in [3.63, 3.8) is 0 Å². The minimum Gasteiger partial charge on any atom is -0.374 e. The molecule has 0 aliphatic rings. The first-order valence-electron chi connectivity index (χ1n) is 5.48. The first-order valence-corrected chi connectivity index (χ1v) is 5.48. The van der Waals surface area contributed by atoms with Gasteiger partial charge in [0.1, 0.15) is 0 Å². The molecule has 0 fully saturated rings. The molecule has 96 valence electrons. The van der Waals surface area contributed by atoms with Crippen LogP contribution in [0.5, 0.6) is 0 Å². The van der Waals surface area contributed by atoms with Crippen molar-refractivity contribution >= 4 is 0 Å². The molecular weight excluding hydrogens is 226 g/mol. The molecule has 0 spiro atoms. The van der Waals surface area contributed by atoms with Crippen molar-refractivity contribution in [3.05, 3.63) is 35.4 Å². The number of ether oxygens (including phenoxy) is 1. The monoisotopic (exact) mass is 244 g/mol. The average molecular weight is 244 g/mol. The van der Waals surface area contributed by atoms with Crippen LogP contribution in [-0.4, -0.2) is 12.2 Å². The predicted molar refractivity (Wildman–Crippen MR) is 62.1 cm³/mol. The highest BCUT2D eigenvalue weighted by molar-refractivity contribution is 5.24. The average Bonchev–Trinajstić information content (AvgIpc) is 2.24. The lowest BCUT2D eigenvalue weighted by Crippen LogP contribution is -2.45. The van der Waals surface area contributed by atoms with E-state index in [9.17, 15) is 8.78 Å². The number of hydrogen-bond acceptors (Lipinski definition) is 3. The molecule has 1 rings (SSSR count). The number of benzene rings is 1. The molecule has 0 aromatic heterocycles. The Morgan fingerprint density at radius 1 is 1.41 bits per heavy atom. The zero-order valence-corrected chi connectivity index (χ0v) is 10.3. The Hall–Kier alpha value is -1.04. The van der Waals surface area contributed by atoms with Gasteiger partial charge in [-0.3, -0.25) is 5.84 Å². The highest BCUT2D eigenvalue weighted by atomic mass is 19.2. The van der Waals surface area contributed by atoms with Crippen LogP contribution in [0.25, 0.3) is 0 Å². The van der Waals surface area contributed by atoms with Gasteiger partial charge in [-0.05, 0) is 26.8 Å². The molecule has 0 saturated heterocycles. The van der Waals surface area contributed by atoms with Crippen LogP contribution in [0.3, 0.4) is 0 Å². The van der Waals surface area contributed by atoms with Gasteiger partial charge in [-0.2, -0.15) is 0 Å². The molecule has 3 N–H and O–H groups in total. The van der Waals surface area contributed by atoms with E-state index in [1.54, 1.807) is 13.8 Å². The fourth-order valence-corrected chi connectivity index (χ4v) is 1.86. The molecule has 1 aromatic carbocycles. The number of halogens is 2. The van der Waals surface area contributed by atoms with Crippen molar-refractivity contribution in [3.8, 4) is 0 Å². The first kappa shape index (κ1) is 14.0. The van der Waals surface area contributed by atoms with Gasteiger partial charge in [0.2, 0.25) is 0 Å². The number of rotatable bonds is 5. The van der Waals surface area contributed by atoms with Gasteiger partial charge in [-0.25, -0.2) is 14.2 Å². The summed E-state index contributed by atoms with van der Waals surface area (Å²) in [5.41, 5.74) is 1.90. The van der Waals surface area contributed by atoms with Gasteiger partial charge < -0.3 is 4.74 Å². The largest absolute Gasteiger partial charge is 0.374 e. The van der Waals surface area contributed by atoms with Crippen LogP contribution in [0.15, 0.2) is 18.2 Å². The fraction of sp³-hybridized carbons (Fsp3) is 0.500. The van der Waals surface area contributed by atoms with E-state index in [0.29, 0.717) is 6.61 Å². The minimum absolute atomic E-state index is 0.158. The van der Waals surface area contributed by atoms with Crippen molar-refractivity contribution in [2.24, 2.45) is 5.84 Å². The van der Waals surface area contributed by atoms with Crippen molar-refractivity contribution in [1.82, 2.24) is 5.43 Å². The zero-order valence-electron chi connectivity index (χ0n) is 10.3. The van der Waals surface area contributed by atoms with Crippen molar-refractivity contribution < 1.29 is 13.5 Å². The number of nitrogens with one attached hydrogen (secondary N) is 1. The third kappa shape index (κ3) is 3.00. The van der Waals surface area contributed by atoms with E-state index < -0.39 is 23.3 Å². The summed E-state index contributed by atoms with van der Waals surface area (Å²) < 4.78 is 32.3. The van der Waals surface area contributed by atoms with E-state index in [4.69, 9.17) is 10.6 Å². The van der Waals surface area contributed by atoms with Crippen LogP contribution in [0, 0.1) is 11.6 Å². The van der Waals surface area contributed by atoms with E-state index in [0.717, 1.165) is 6.07 Å². The van der Waals surface area contributed by atoms with Crippen LogP contribution >= 0.6 is 0 Å². The summed E-state index contributed by atoms with van der Waals surface area (Å²) >= 11 is 0. The second-order valence-electron chi connectivity index (χ2n) is 4.28. The molecule has 0 radical (unpaired) electrons. The van der Waals surface area contributed by atoms with Crippen molar-refractivity contribution in [2.45, 2.75) is 32.4 Å². The molecule has 17 heavy (non-hydrogen) atoms. The Morgan fingerprint density at radius 2 is 2.06 bits per heavy atom. The summed E-state index contributed by atoms with van der Waals surface area (Å²) in [5.74, 6) is 3.63. The van der Waals surface area contributed by atoms with E-state index in [2.05, 4.69) is 5.43 Å². The van der Waals surface area contributed by atoms with Gasteiger partial charge in [0, 0.05) is 12.2 Å². The van der Waals surface area contributed by atoms with Gasteiger partial charge in [0.05, 0.1) is 11.6 Å². The van der Waals surface area contributed by atoms with Gasteiger partial charge in [-0.1, -0.05) is 12.1 Å². The van der Waals surface area contributed by atoms with E-state index >= 15 is 0 Å². The minimum atomic E-state index is -0.900. The highest BCUT2D eigenvalue weighted by Crippen LogP contribution is 2.30. The summed E-state index contributed by atoms with van der Waals surface area (Å²) in [4.78, 5) is 0. The molecule has 0 aliphatic heterocycles. The Bertz CT molecular complexity index is 383. The molecule has 1 atom stereocenters. The maximum absolute atomic E-state index is 13.7. The summed E-state index contributed by atoms with van der Waals surface area (Å²) in [6.45, 7) is 5.83. The normalized spacial score (nSPS) is 13.8. The quantitative estimate of drug-likeness (QED) is 0.617. The van der Waals surface area contributed by atoms with Crippen molar-refractivity contribution in [1.29, 1.82) is 0 Å². The maximum Gasteiger partial charge on any atom is 0.163 e. The molecule has 0 aliphatic carbocycles. The summed E-state index contributed by atoms with van der Waals surface area (Å²) in [6, 6.07) is 3.38. The van der Waals surface area contributed by atoms with Crippen LogP contribution < -0.4 is 11.3 Å². The molecule has 0 saturated carbocycles. The zero-order chi connectivity index (χ0) is 13.1. The molecule has 5 heteroatoms. The summed E-state index contributed by atoms with van der Waals surface area (Å²) in [7, 11) is 0. The van der Waals surface area contributed by atoms with Crippen LogP contribution in [0.1, 0.15) is 32.4 Å². The highest BCUT2D eigenvalue weighted by Gasteiger charge is 2.33. The Balaban J connectivity index is 3.13. The lowest BCUT2D eigenvalue weighted by Gasteiger charge is -2.34. The molecule has 1 aromatic rings. The lowest BCUT2D eigenvalue weighted by molar-refractivity contribution is -0.0401. The Labute approximate surface area is 99.9 Å². The van der Waals surface area contributed by atoms with Gasteiger partial charge >= 0.3 is 0 Å². The molecule has 0 heterocycles. The Morgan fingerprint density at radius 3 is 2.59 bits per heavy atom. The molecule has 0 amide bonds. The molecule has 3 nitrogen and oxygen atoms in total. The van der Waals surface area contributed by atoms with Crippen LogP contribution in [-0.2, 0) is 4.74 Å². The van der Waals surface area contributed by atoms with E-state index in [1.165, 1.54) is 12.1 Å². The van der Waals surface area contributed by atoms with Crippen molar-refractivity contribution in [2.75, 3.05) is 6.61 Å². The summed E-state index contributed by atoms with van der Waals surface area (Å²) in [6.07, 6.45) is 0. The van der Waals surface area contributed by atoms with Gasteiger partial charge in [0.15, 0.2) is 11.6 Å². The lowest BCUT2D eigenvalue weighted by atomic mass is 9.91. The first-order chi connectivity index (χ1) is 7.94. The molecule has 1 unspecified atom stereocenters. The molecule has 0 bridgehead atoms. The summed E-state index contributed by atoms with van der Waals surface area (Å²) in [5, 5.41) is 0. The Kier molecular flexibility index (Phi) is 4.56. The van der Waals surface area contributed by atoms with Crippen LogP contribution in [0.4, 0.5) is 8.78 Å². The maximum atomic E-state index is 13.7. The smallest absolute Gasteiger partial charge is 0.163 e. The van der Waals surface area contributed by atoms with E-state index in [1.807, 2.05) is 6.92 Å². The SMILES string of the molecule is CCOC(C)(C)C(NN)c1cccc(F)c1F. The number of nitrogens with two attached hydrogens (primary N) is 1. The van der Waals surface area contributed by atoms with Crippen LogP contribution in [0.2, 0.25) is 0 Å². The second-order valence-corrected chi connectivity index (χ2v) is 4.28. The van der Waals surface area contributed by atoms with E-state index in [-0.39, 0.29) is 5.56 Å². The fourth-order valence-electron chi connectivity index (χ4n) is 1.86.